The molecule has 1 saturated heterocycles. The number of nitrogens with zero attached hydrogens (tertiary/aromatic N) is 1. The van der Waals surface area contributed by atoms with Gasteiger partial charge in [-0.3, -0.25) is 9.69 Å². The summed E-state index contributed by atoms with van der Waals surface area (Å²) in [6.45, 7) is 9.78. The Labute approximate surface area is 137 Å². The van der Waals surface area contributed by atoms with E-state index in [1.54, 1.807) is 0 Å². The number of ether oxygens (including phenoxy) is 1. The Morgan fingerprint density at radius 1 is 1.41 bits per heavy atom. The Morgan fingerprint density at radius 3 is 2.73 bits per heavy atom. The Hall–Kier alpha value is -1.10. The van der Waals surface area contributed by atoms with Crippen molar-refractivity contribution < 1.29 is 9.53 Å². The van der Waals surface area contributed by atoms with Gasteiger partial charge in [-0.2, -0.15) is 0 Å². The van der Waals surface area contributed by atoms with Gasteiger partial charge in [0.05, 0.1) is 19.3 Å². The lowest BCUT2D eigenvalue weighted by Gasteiger charge is -2.32. The number of halogens is 1. The standard InChI is InChI=1S/C17H25ClN2O2/c1-13(20-7-9-22-10-8-20)16(21)19-12-17(2,3)14-5-4-6-15(18)11-14/h4-6,11,13H,7-10,12H2,1-3H3,(H,19,21). The van der Waals surface area contributed by atoms with Gasteiger partial charge >= 0.3 is 0 Å². The van der Waals surface area contributed by atoms with E-state index >= 15 is 0 Å². The number of rotatable bonds is 5. The second kappa shape index (κ2) is 7.44. The highest BCUT2D eigenvalue weighted by atomic mass is 35.5. The fraction of sp³-hybridized carbons (Fsp3) is 0.588. The van der Waals surface area contributed by atoms with Gasteiger partial charge in [0.2, 0.25) is 5.91 Å². The molecule has 0 aromatic heterocycles. The zero-order chi connectivity index (χ0) is 16.2. The topological polar surface area (TPSA) is 41.6 Å². The molecule has 0 spiro atoms. The molecule has 22 heavy (non-hydrogen) atoms. The van der Waals surface area contributed by atoms with Crippen LogP contribution < -0.4 is 5.32 Å². The molecule has 4 nitrogen and oxygen atoms in total. The molecule has 0 bridgehead atoms. The minimum Gasteiger partial charge on any atom is -0.379 e. The monoisotopic (exact) mass is 324 g/mol. The van der Waals surface area contributed by atoms with Crippen LogP contribution in [0.25, 0.3) is 0 Å². The highest BCUT2D eigenvalue weighted by molar-refractivity contribution is 6.30. The maximum absolute atomic E-state index is 12.4. The lowest BCUT2D eigenvalue weighted by molar-refractivity contribution is -0.127. The second-order valence-electron chi connectivity index (χ2n) is 6.44. The van der Waals surface area contributed by atoms with Crippen molar-refractivity contribution in [1.29, 1.82) is 0 Å². The van der Waals surface area contributed by atoms with Gasteiger partial charge in [0.15, 0.2) is 0 Å². The van der Waals surface area contributed by atoms with Gasteiger partial charge < -0.3 is 10.1 Å². The first kappa shape index (κ1) is 17.3. The minimum atomic E-state index is -0.161. The predicted molar refractivity (Wildman–Crippen MR) is 89.3 cm³/mol. The van der Waals surface area contributed by atoms with E-state index in [2.05, 4.69) is 24.1 Å². The summed E-state index contributed by atoms with van der Waals surface area (Å²) in [5.74, 6) is 0.0667. The molecule has 1 aliphatic rings. The van der Waals surface area contributed by atoms with E-state index < -0.39 is 0 Å². The summed E-state index contributed by atoms with van der Waals surface area (Å²) in [6, 6.07) is 7.68. The van der Waals surface area contributed by atoms with Crippen LogP contribution in [0.2, 0.25) is 5.02 Å². The Balaban J connectivity index is 1.91. The average molecular weight is 325 g/mol. The van der Waals surface area contributed by atoms with Crippen molar-refractivity contribution in [1.82, 2.24) is 10.2 Å². The van der Waals surface area contributed by atoms with Crippen LogP contribution in [-0.2, 0) is 14.9 Å². The summed E-state index contributed by atoms with van der Waals surface area (Å²) in [7, 11) is 0. The maximum atomic E-state index is 12.4. The van der Waals surface area contributed by atoms with Crippen LogP contribution in [0.15, 0.2) is 24.3 Å². The first-order valence-corrected chi connectivity index (χ1v) is 8.13. The number of amides is 1. The number of carbonyl (C=O) groups is 1. The fourth-order valence-corrected chi connectivity index (χ4v) is 2.79. The third kappa shape index (κ3) is 4.45. The third-order valence-electron chi connectivity index (χ3n) is 4.28. The van der Waals surface area contributed by atoms with E-state index in [-0.39, 0.29) is 17.4 Å². The summed E-state index contributed by atoms with van der Waals surface area (Å²) in [4.78, 5) is 14.5. The van der Waals surface area contributed by atoms with E-state index in [4.69, 9.17) is 16.3 Å². The molecule has 1 fully saturated rings. The smallest absolute Gasteiger partial charge is 0.237 e. The third-order valence-corrected chi connectivity index (χ3v) is 4.52. The largest absolute Gasteiger partial charge is 0.379 e. The van der Waals surface area contributed by atoms with Crippen molar-refractivity contribution in [2.75, 3.05) is 32.8 Å². The van der Waals surface area contributed by atoms with E-state index in [1.165, 1.54) is 0 Å². The van der Waals surface area contributed by atoms with Gasteiger partial charge in [-0.15, -0.1) is 0 Å². The molecule has 0 aliphatic carbocycles. The highest BCUT2D eigenvalue weighted by Crippen LogP contribution is 2.24. The van der Waals surface area contributed by atoms with Crippen LogP contribution in [0, 0.1) is 0 Å². The lowest BCUT2D eigenvalue weighted by atomic mass is 9.84. The SMILES string of the molecule is CC(C(=O)NCC(C)(C)c1cccc(Cl)c1)N1CCOCC1. The number of benzene rings is 1. The normalized spacial score (nSPS) is 18.0. The predicted octanol–water partition coefficient (Wildman–Crippen LogP) is 2.45. The molecule has 1 aromatic rings. The summed E-state index contributed by atoms with van der Waals surface area (Å²) in [6.07, 6.45) is 0. The van der Waals surface area contributed by atoms with Crippen LogP contribution in [0.5, 0.6) is 0 Å². The number of hydrogen-bond donors (Lipinski definition) is 1. The van der Waals surface area contributed by atoms with Gasteiger partial charge in [0, 0.05) is 30.1 Å². The van der Waals surface area contributed by atoms with Crippen molar-refractivity contribution in [3.05, 3.63) is 34.9 Å². The molecule has 1 aromatic carbocycles. The van der Waals surface area contributed by atoms with Gasteiger partial charge in [-0.1, -0.05) is 37.6 Å². The van der Waals surface area contributed by atoms with Crippen LogP contribution in [0.3, 0.4) is 0 Å². The molecule has 1 atom stereocenters. The molecule has 1 unspecified atom stereocenters. The molecule has 5 heteroatoms. The number of nitrogens with one attached hydrogen (secondary N) is 1. The highest BCUT2D eigenvalue weighted by Gasteiger charge is 2.26. The summed E-state index contributed by atoms with van der Waals surface area (Å²) >= 11 is 6.06. The summed E-state index contributed by atoms with van der Waals surface area (Å²) in [5.41, 5.74) is 0.963. The van der Waals surface area contributed by atoms with E-state index in [9.17, 15) is 4.79 Å². The van der Waals surface area contributed by atoms with Gasteiger partial charge in [0.25, 0.3) is 0 Å². The molecular weight excluding hydrogens is 300 g/mol. The molecule has 0 radical (unpaired) electrons. The second-order valence-corrected chi connectivity index (χ2v) is 6.87. The van der Waals surface area contributed by atoms with E-state index in [0.717, 1.165) is 23.7 Å². The molecule has 1 N–H and O–H groups in total. The fourth-order valence-electron chi connectivity index (χ4n) is 2.60. The van der Waals surface area contributed by atoms with Crippen molar-refractivity contribution in [3.63, 3.8) is 0 Å². The van der Waals surface area contributed by atoms with Crippen LogP contribution in [0.1, 0.15) is 26.3 Å². The maximum Gasteiger partial charge on any atom is 0.237 e. The Kier molecular flexibility index (Phi) is 5.84. The van der Waals surface area contributed by atoms with Crippen LogP contribution in [-0.4, -0.2) is 49.7 Å². The minimum absolute atomic E-state index is 0.0667. The van der Waals surface area contributed by atoms with E-state index in [1.807, 2.05) is 31.2 Å². The Bertz CT molecular complexity index is 513. The van der Waals surface area contributed by atoms with Gasteiger partial charge in [-0.25, -0.2) is 0 Å². The molecule has 1 aliphatic heterocycles. The van der Waals surface area contributed by atoms with Gasteiger partial charge in [0.1, 0.15) is 0 Å². The molecule has 1 amide bonds. The average Bonchev–Trinajstić information content (AvgIpc) is 2.53. The summed E-state index contributed by atoms with van der Waals surface area (Å²) < 4.78 is 5.33. The number of carbonyl (C=O) groups excluding carboxylic acids is 1. The lowest BCUT2D eigenvalue weighted by Crippen LogP contribution is -2.51. The zero-order valence-corrected chi connectivity index (χ0v) is 14.3. The zero-order valence-electron chi connectivity index (χ0n) is 13.6. The quantitative estimate of drug-likeness (QED) is 0.904. The number of hydrogen-bond acceptors (Lipinski definition) is 3. The number of morpholine rings is 1. The van der Waals surface area contributed by atoms with Crippen molar-refractivity contribution in [2.24, 2.45) is 0 Å². The first-order chi connectivity index (χ1) is 10.4. The molecule has 2 rings (SSSR count). The van der Waals surface area contributed by atoms with Crippen molar-refractivity contribution in [3.8, 4) is 0 Å². The van der Waals surface area contributed by atoms with Crippen molar-refractivity contribution >= 4 is 17.5 Å². The van der Waals surface area contributed by atoms with E-state index in [0.29, 0.717) is 19.8 Å². The Morgan fingerprint density at radius 2 is 2.09 bits per heavy atom. The molecule has 0 saturated carbocycles. The van der Waals surface area contributed by atoms with Crippen LogP contribution >= 0.6 is 11.6 Å². The van der Waals surface area contributed by atoms with Gasteiger partial charge in [-0.05, 0) is 24.6 Å². The first-order valence-electron chi connectivity index (χ1n) is 7.76. The summed E-state index contributed by atoms with van der Waals surface area (Å²) in [5, 5.41) is 3.79. The van der Waals surface area contributed by atoms with Crippen molar-refractivity contribution in [2.45, 2.75) is 32.2 Å². The van der Waals surface area contributed by atoms with Crippen LogP contribution in [0.4, 0.5) is 0 Å². The molecule has 1 heterocycles. The molecule has 122 valence electrons. The molecular formula is C17H25ClN2O2.